The van der Waals surface area contributed by atoms with Crippen LogP contribution in [0.2, 0.25) is 10.0 Å². The molecular weight excluding hydrogens is 299 g/mol. The van der Waals surface area contributed by atoms with E-state index in [2.05, 4.69) is 5.32 Å². The molecule has 0 aromatic heterocycles. The van der Waals surface area contributed by atoms with Crippen molar-refractivity contribution >= 4 is 34.6 Å². The summed E-state index contributed by atoms with van der Waals surface area (Å²) in [5.74, 6) is 0. The van der Waals surface area contributed by atoms with Crippen molar-refractivity contribution in [2.24, 2.45) is 0 Å². The minimum absolute atomic E-state index is 0.00490. The van der Waals surface area contributed by atoms with E-state index in [1.165, 1.54) is 6.07 Å². The molecule has 0 atom stereocenters. The van der Waals surface area contributed by atoms with Crippen molar-refractivity contribution in [3.8, 4) is 0 Å². The van der Waals surface area contributed by atoms with Gasteiger partial charge in [-0.3, -0.25) is 10.1 Å². The molecule has 6 heteroatoms. The minimum atomic E-state index is -0.442. The fourth-order valence-corrected chi connectivity index (χ4v) is 2.45. The normalized spacial score (nSPS) is 10.3. The average Bonchev–Trinajstić information content (AvgIpc) is 2.39. The molecule has 0 saturated carbocycles. The first-order chi connectivity index (χ1) is 9.50. The van der Waals surface area contributed by atoms with Crippen molar-refractivity contribution in [3.63, 3.8) is 0 Å². The Morgan fingerprint density at radius 3 is 2.45 bits per heavy atom. The fraction of sp³-hybridized carbons (Fsp3) is 0.143. The molecule has 0 spiro atoms. The van der Waals surface area contributed by atoms with Crippen molar-refractivity contribution in [3.05, 3.63) is 67.7 Å². The molecule has 0 radical (unpaired) electrons. The Balaban J connectivity index is 2.30. The molecule has 0 fully saturated rings. The Morgan fingerprint density at radius 1 is 1.15 bits per heavy atom. The van der Waals surface area contributed by atoms with Crippen LogP contribution < -0.4 is 5.32 Å². The lowest BCUT2D eigenvalue weighted by Gasteiger charge is -2.12. The number of hydrogen-bond donors (Lipinski definition) is 1. The molecule has 104 valence electrons. The van der Waals surface area contributed by atoms with Gasteiger partial charge in [-0.05, 0) is 24.6 Å². The molecule has 4 nitrogen and oxygen atoms in total. The predicted molar refractivity (Wildman–Crippen MR) is 81.6 cm³/mol. The van der Waals surface area contributed by atoms with Gasteiger partial charge in [0.05, 0.1) is 26.2 Å². The maximum absolute atomic E-state index is 11.0. The molecule has 0 aliphatic carbocycles. The molecule has 2 aromatic carbocycles. The van der Waals surface area contributed by atoms with Crippen LogP contribution in [0.25, 0.3) is 0 Å². The highest BCUT2D eigenvalue weighted by molar-refractivity contribution is 6.33. The summed E-state index contributed by atoms with van der Waals surface area (Å²) in [5.41, 5.74) is 2.16. The quantitative estimate of drug-likeness (QED) is 0.650. The van der Waals surface area contributed by atoms with Gasteiger partial charge >= 0.3 is 0 Å². The standard InChI is InChI=1S/C14H12Cl2N2O2/c1-9-4-2-6-12(16)14(9)17-8-10-11(15)5-3-7-13(10)18(19)20/h2-7,17H,8H2,1H3. The van der Waals surface area contributed by atoms with Crippen molar-refractivity contribution in [2.45, 2.75) is 13.5 Å². The molecule has 2 rings (SSSR count). The van der Waals surface area contributed by atoms with Gasteiger partial charge in [0.15, 0.2) is 0 Å². The van der Waals surface area contributed by atoms with E-state index >= 15 is 0 Å². The number of hydrogen-bond acceptors (Lipinski definition) is 3. The van der Waals surface area contributed by atoms with Gasteiger partial charge in [0.25, 0.3) is 5.69 Å². The maximum Gasteiger partial charge on any atom is 0.275 e. The van der Waals surface area contributed by atoms with E-state index in [1.54, 1.807) is 18.2 Å². The summed E-state index contributed by atoms with van der Waals surface area (Å²) < 4.78 is 0. The van der Waals surface area contributed by atoms with E-state index in [9.17, 15) is 10.1 Å². The number of nitrogens with one attached hydrogen (secondary N) is 1. The Kier molecular flexibility index (Phi) is 4.47. The number of nitrogens with zero attached hydrogens (tertiary/aromatic N) is 1. The first-order valence-corrected chi connectivity index (χ1v) is 6.67. The molecule has 1 N–H and O–H groups in total. The summed E-state index contributed by atoms with van der Waals surface area (Å²) in [5, 5.41) is 15.1. The Morgan fingerprint density at radius 2 is 1.80 bits per heavy atom. The van der Waals surface area contributed by atoms with Crippen molar-refractivity contribution in [1.29, 1.82) is 0 Å². The predicted octanol–water partition coefficient (Wildman–Crippen LogP) is 4.82. The largest absolute Gasteiger partial charge is 0.379 e. The van der Waals surface area contributed by atoms with E-state index in [1.807, 2.05) is 19.1 Å². The first kappa shape index (κ1) is 14.6. The lowest BCUT2D eigenvalue weighted by molar-refractivity contribution is -0.385. The minimum Gasteiger partial charge on any atom is -0.379 e. The van der Waals surface area contributed by atoms with Crippen LogP contribution in [0.15, 0.2) is 36.4 Å². The number of anilines is 1. The van der Waals surface area contributed by atoms with Crippen LogP contribution in [0.1, 0.15) is 11.1 Å². The molecule has 0 bridgehead atoms. The molecular formula is C14H12Cl2N2O2. The molecule has 0 saturated heterocycles. The number of para-hydroxylation sites is 1. The second-order valence-electron chi connectivity index (χ2n) is 4.28. The maximum atomic E-state index is 11.0. The second kappa shape index (κ2) is 6.11. The van der Waals surface area contributed by atoms with Crippen LogP contribution in [0.5, 0.6) is 0 Å². The van der Waals surface area contributed by atoms with Crippen LogP contribution in [-0.2, 0) is 6.54 Å². The van der Waals surface area contributed by atoms with Crippen LogP contribution in [0.3, 0.4) is 0 Å². The summed E-state index contributed by atoms with van der Waals surface area (Å²) in [6, 6.07) is 10.1. The summed E-state index contributed by atoms with van der Waals surface area (Å²) in [6.07, 6.45) is 0. The van der Waals surface area contributed by atoms with E-state index in [0.29, 0.717) is 15.6 Å². The van der Waals surface area contributed by atoms with E-state index in [0.717, 1.165) is 11.3 Å². The third-order valence-corrected chi connectivity index (χ3v) is 3.62. The molecule has 0 amide bonds. The lowest BCUT2D eigenvalue weighted by atomic mass is 10.1. The van der Waals surface area contributed by atoms with Gasteiger partial charge in [0, 0.05) is 12.6 Å². The van der Waals surface area contributed by atoms with E-state index in [-0.39, 0.29) is 12.2 Å². The first-order valence-electron chi connectivity index (χ1n) is 5.91. The summed E-state index contributed by atoms with van der Waals surface area (Å²) >= 11 is 12.2. The Bertz CT molecular complexity index is 639. The topological polar surface area (TPSA) is 55.2 Å². The van der Waals surface area contributed by atoms with Crippen LogP contribution in [0.4, 0.5) is 11.4 Å². The van der Waals surface area contributed by atoms with Crippen LogP contribution in [-0.4, -0.2) is 4.92 Å². The van der Waals surface area contributed by atoms with Crippen LogP contribution in [0, 0.1) is 17.0 Å². The molecule has 0 unspecified atom stereocenters. The van der Waals surface area contributed by atoms with E-state index < -0.39 is 4.92 Å². The van der Waals surface area contributed by atoms with Gasteiger partial charge in [0.2, 0.25) is 0 Å². The van der Waals surface area contributed by atoms with Gasteiger partial charge < -0.3 is 5.32 Å². The lowest BCUT2D eigenvalue weighted by Crippen LogP contribution is -2.05. The third kappa shape index (κ3) is 3.03. The van der Waals surface area contributed by atoms with Gasteiger partial charge in [-0.1, -0.05) is 41.4 Å². The molecule has 2 aromatic rings. The molecule has 0 aliphatic heterocycles. The highest BCUT2D eigenvalue weighted by atomic mass is 35.5. The number of nitro groups is 1. The van der Waals surface area contributed by atoms with Crippen molar-refractivity contribution < 1.29 is 4.92 Å². The highest BCUT2D eigenvalue weighted by Crippen LogP contribution is 2.30. The number of aryl methyl sites for hydroxylation is 1. The smallest absolute Gasteiger partial charge is 0.275 e. The number of halogens is 2. The summed E-state index contributed by atoms with van der Waals surface area (Å²) in [6.45, 7) is 2.15. The summed E-state index contributed by atoms with van der Waals surface area (Å²) in [4.78, 5) is 10.6. The fourth-order valence-electron chi connectivity index (χ4n) is 1.93. The van der Waals surface area contributed by atoms with Gasteiger partial charge in [-0.25, -0.2) is 0 Å². The zero-order valence-electron chi connectivity index (χ0n) is 10.7. The zero-order valence-corrected chi connectivity index (χ0v) is 12.2. The zero-order chi connectivity index (χ0) is 14.7. The molecule has 0 heterocycles. The number of benzene rings is 2. The number of rotatable bonds is 4. The monoisotopic (exact) mass is 310 g/mol. The SMILES string of the molecule is Cc1cccc(Cl)c1NCc1c(Cl)cccc1[N+](=O)[O-]. The second-order valence-corrected chi connectivity index (χ2v) is 5.09. The average molecular weight is 311 g/mol. The highest BCUT2D eigenvalue weighted by Gasteiger charge is 2.16. The number of nitro benzene ring substituents is 1. The Labute approximate surface area is 126 Å². The van der Waals surface area contributed by atoms with Crippen molar-refractivity contribution in [2.75, 3.05) is 5.32 Å². The van der Waals surface area contributed by atoms with Gasteiger partial charge in [-0.15, -0.1) is 0 Å². The summed E-state index contributed by atoms with van der Waals surface area (Å²) in [7, 11) is 0. The third-order valence-electron chi connectivity index (χ3n) is 2.95. The van der Waals surface area contributed by atoms with Crippen LogP contribution >= 0.6 is 23.2 Å². The van der Waals surface area contributed by atoms with Gasteiger partial charge in [0.1, 0.15) is 0 Å². The molecule has 20 heavy (non-hydrogen) atoms. The Hall–Kier alpha value is -1.78. The van der Waals surface area contributed by atoms with E-state index in [4.69, 9.17) is 23.2 Å². The van der Waals surface area contributed by atoms with Gasteiger partial charge in [-0.2, -0.15) is 0 Å². The molecule has 0 aliphatic rings. The van der Waals surface area contributed by atoms with Crippen molar-refractivity contribution in [1.82, 2.24) is 0 Å².